The summed E-state index contributed by atoms with van der Waals surface area (Å²) in [7, 11) is 0. The summed E-state index contributed by atoms with van der Waals surface area (Å²) in [5.74, 6) is 0.788. The van der Waals surface area contributed by atoms with E-state index >= 15 is 0 Å². The third-order valence-electron chi connectivity index (χ3n) is 1.66. The second-order valence-electron chi connectivity index (χ2n) is 2.98. The topological polar surface area (TPSA) is 0 Å². The average Bonchev–Trinajstić information content (AvgIpc) is 1.89. The van der Waals surface area contributed by atoms with Crippen LogP contribution in [0.25, 0.3) is 0 Å². The molecule has 0 aromatic carbocycles. The Labute approximate surface area is 65.3 Å². The summed E-state index contributed by atoms with van der Waals surface area (Å²) in [5, 5.41) is 0. The van der Waals surface area contributed by atoms with Crippen LogP contribution in [0.3, 0.4) is 0 Å². The minimum absolute atomic E-state index is 0.788. The lowest BCUT2D eigenvalue weighted by atomic mass is 10.1. The highest BCUT2D eigenvalue weighted by Crippen LogP contribution is 2.06. The van der Waals surface area contributed by atoms with Gasteiger partial charge in [0.15, 0.2) is 0 Å². The van der Waals surface area contributed by atoms with Crippen molar-refractivity contribution in [2.75, 3.05) is 0 Å². The predicted molar refractivity (Wildman–Crippen MR) is 48.1 cm³/mol. The van der Waals surface area contributed by atoms with Gasteiger partial charge in [0.1, 0.15) is 0 Å². The standard InChI is InChI=1S/C10H20/c1-4-6-7-9-10(3)8-5-2/h7,9-10H,4-6,8H2,1-3H3. The maximum absolute atomic E-state index is 2.34. The molecule has 0 radical (unpaired) electrons. The molecule has 0 aromatic heterocycles. The number of hydrogen-bond donors (Lipinski definition) is 0. The van der Waals surface area contributed by atoms with Crippen molar-refractivity contribution in [3.63, 3.8) is 0 Å². The van der Waals surface area contributed by atoms with Crippen LogP contribution in [0, 0.1) is 5.92 Å². The molecule has 0 amide bonds. The molecule has 0 saturated carbocycles. The van der Waals surface area contributed by atoms with Crippen molar-refractivity contribution in [1.29, 1.82) is 0 Å². The molecule has 0 aliphatic heterocycles. The van der Waals surface area contributed by atoms with E-state index in [0.717, 1.165) is 5.92 Å². The Hall–Kier alpha value is -0.260. The SMILES string of the molecule is CCCC=CC(C)CCC. The number of rotatable bonds is 5. The van der Waals surface area contributed by atoms with E-state index in [-0.39, 0.29) is 0 Å². The summed E-state index contributed by atoms with van der Waals surface area (Å²) in [4.78, 5) is 0. The van der Waals surface area contributed by atoms with Crippen LogP contribution in [-0.2, 0) is 0 Å². The number of hydrogen-bond acceptors (Lipinski definition) is 0. The van der Waals surface area contributed by atoms with E-state index in [0.29, 0.717) is 0 Å². The zero-order valence-corrected chi connectivity index (χ0v) is 7.56. The monoisotopic (exact) mass is 140 g/mol. The fourth-order valence-electron chi connectivity index (χ4n) is 1.05. The van der Waals surface area contributed by atoms with Gasteiger partial charge < -0.3 is 0 Å². The van der Waals surface area contributed by atoms with Gasteiger partial charge in [-0.15, -0.1) is 0 Å². The molecule has 10 heavy (non-hydrogen) atoms. The Morgan fingerprint density at radius 2 is 1.90 bits per heavy atom. The van der Waals surface area contributed by atoms with Crippen LogP contribution in [0.15, 0.2) is 12.2 Å². The van der Waals surface area contributed by atoms with Crippen LogP contribution in [0.5, 0.6) is 0 Å². The molecular weight excluding hydrogens is 120 g/mol. The van der Waals surface area contributed by atoms with E-state index in [9.17, 15) is 0 Å². The first-order chi connectivity index (χ1) is 4.81. The molecule has 0 fully saturated rings. The minimum Gasteiger partial charge on any atom is -0.0883 e. The summed E-state index contributed by atoms with van der Waals surface area (Å²) in [6.07, 6.45) is 9.80. The lowest BCUT2D eigenvalue weighted by Gasteiger charge is -2.01. The van der Waals surface area contributed by atoms with Crippen LogP contribution >= 0.6 is 0 Å². The van der Waals surface area contributed by atoms with Crippen LogP contribution in [0.4, 0.5) is 0 Å². The molecule has 0 spiro atoms. The van der Waals surface area contributed by atoms with Crippen LogP contribution in [0.2, 0.25) is 0 Å². The summed E-state index contributed by atoms with van der Waals surface area (Å²) >= 11 is 0. The second-order valence-corrected chi connectivity index (χ2v) is 2.98. The smallest absolute Gasteiger partial charge is 0.0262 e. The number of unbranched alkanes of at least 4 members (excludes halogenated alkanes) is 1. The van der Waals surface area contributed by atoms with Crippen molar-refractivity contribution in [2.24, 2.45) is 5.92 Å². The highest BCUT2D eigenvalue weighted by atomic mass is 14.0. The zero-order chi connectivity index (χ0) is 7.82. The molecule has 60 valence electrons. The fourth-order valence-corrected chi connectivity index (χ4v) is 1.05. The van der Waals surface area contributed by atoms with Crippen molar-refractivity contribution < 1.29 is 0 Å². The second kappa shape index (κ2) is 6.85. The Morgan fingerprint density at radius 1 is 1.20 bits per heavy atom. The largest absolute Gasteiger partial charge is 0.0883 e. The lowest BCUT2D eigenvalue weighted by Crippen LogP contribution is -1.86. The van der Waals surface area contributed by atoms with Gasteiger partial charge in [0.2, 0.25) is 0 Å². The Bertz CT molecular complexity index is 82.0. The molecule has 0 heteroatoms. The molecule has 0 aliphatic rings. The van der Waals surface area contributed by atoms with Crippen molar-refractivity contribution >= 4 is 0 Å². The highest BCUT2D eigenvalue weighted by Gasteiger charge is 1.91. The van der Waals surface area contributed by atoms with Gasteiger partial charge in [-0.05, 0) is 18.8 Å². The number of allylic oxidation sites excluding steroid dienone is 2. The van der Waals surface area contributed by atoms with Crippen molar-refractivity contribution in [2.45, 2.75) is 46.5 Å². The van der Waals surface area contributed by atoms with E-state index in [1.165, 1.54) is 25.7 Å². The zero-order valence-electron chi connectivity index (χ0n) is 7.56. The maximum atomic E-state index is 2.34. The third kappa shape index (κ3) is 5.87. The summed E-state index contributed by atoms with van der Waals surface area (Å²) < 4.78 is 0. The summed E-state index contributed by atoms with van der Waals surface area (Å²) in [6, 6.07) is 0. The van der Waals surface area contributed by atoms with E-state index in [1.54, 1.807) is 0 Å². The maximum Gasteiger partial charge on any atom is -0.0262 e. The highest BCUT2D eigenvalue weighted by molar-refractivity contribution is 4.85. The van der Waals surface area contributed by atoms with Crippen molar-refractivity contribution in [3.8, 4) is 0 Å². The van der Waals surface area contributed by atoms with Gasteiger partial charge in [0.25, 0.3) is 0 Å². The van der Waals surface area contributed by atoms with Crippen molar-refractivity contribution in [3.05, 3.63) is 12.2 Å². The van der Waals surface area contributed by atoms with Crippen LogP contribution < -0.4 is 0 Å². The van der Waals surface area contributed by atoms with Gasteiger partial charge in [-0.25, -0.2) is 0 Å². The van der Waals surface area contributed by atoms with Gasteiger partial charge in [0.05, 0.1) is 0 Å². The summed E-state index contributed by atoms with van der Waals surface area (Å²) in [6.45, 7) is 6.74. The summed E-state index contributed by atoms with van der Waals surface area (Å²) in [5.41, 5.74) is 0. The Kier molecular flexibility index (Phi) is 6.68. The first-order valence-electron chi connectivity index (χ1n) is 4.47. The normalized spacial score (nSPS) is 14.3. The lowest BCUT2D eigenvalue weighted by molar-refractivity contribution is 0.631. The predicted octanol–water partition coefficient (Wildman–Crippen LogP) is 3.78. The van der Waals surface area contributed by atoms with E-state index < -0.39 is 0 Å². The molecular formula is C10H20. The van der Waals surface area contributed by atoms with Gasteiger partial charge in [-0.1, -0.05) is 45.8 Å². The average molecular weight is 140 g/mol. The van der Waals surface area contributed by atoms with E-state index in [4.69, 9.17) is 0 Å². The van der Waals surface area contributed by atoms with Crippen LogP contribution in [0.1, 0.15) is 46.5 Å². The molecule has 0 bridgehead atoms. The quantitative estimate of drug-likeness (QED) is 0.510. The molecule has 0 aliphatic carbocycles. The van der Waals surface area contributed by atoms with Gasteiger partial charge in [-0.2, -0.15) is 0 Å². The Morgan fingerprint density at radius 3 is 2.40 bits per heavy atom. The van der Waals surface area contributed by atoms with Gasteiger partial charge in [0, 0.05) is 0 Å². The first-order valence-corrected chi connectivity index (χ1v) is 4.47. The molecule has 1 unspecified atom stereocenters. The van der Waals surface area contributed by atoms with Crippen molar-refractivity contribution in [1.82, 2.24) is 0 Å². The molecule has 0 rings (SSSR count). The molecule has 1 atom stereocenters. The van der Waals surface area contributed by atoms with E-state index in [2.05, 4.69) is 32.9 Å². The Balaban J connectivity index is 3.26. The third-order valence-corrected chi connectivity index (χ3v) is 1.66. The molecule has 0 aromatic rings. The van der Waals surface area contributed by atoms with E-state index in [1.807, 2.05) is 0 Å². The van der Waals surface area contributed by atoms with Gasteiger partial charge >= 0.3 is 0 Å². The fraction of sp³-hybridized carbons (Fsp3) is 0.800. The first kappa shape index (κ1) is 9.74. The molecule has 0 nitrogen and oxygen atoms in total. The van der Waals surface area contributed by atoms with Crippen LogP contribution in [-0.4, -0.2) is 0 Å². The molecule has 0 heterocycles. The molecule has 0 N–H and O–H groups in total. The molecule has 0 saturated heterocycles. The minimum atomic E-state index is 0.788. The van der Waals surface area contributed by atoms with Gasteiger partial charge in [-0.3, -0.25) is 0 Å².